The third-order valence-electron chi connectivity index (χ3n) is 13.2. The van der Waals surface area contributed by atoms with Crippen molar-refractivity contribution < 1.29 is 0 Å². The lowest BCUT2D eigenvalue weighted by Gasteiger charge is -2.24. The quantitative estimate of drug-likeness (QED) is 0.160. The minimum atomic E-state index is -0.151. The number of hydrogen-bond donors (Lipinski definition) is 0. The molecule has 1 aliphatic rings. The molecular weight excluding hydrogens is 775 g/mol. The third kappa shape index (κ3) is 6.20. The fourth-order valence-electron chi connectivity index (χ4n) is 10.2. The van der Waals surface area contributed by atoms with Gasteiger partial charge < -0.3 is 4.57 Å². The standard InChI is InChI=1S/C61H43N3/c1-61(2)54-32-16-15-27-49(54)50-29-17-28-48(58(50)61)44-33-34-57-53(38-44)51-30-18-31-52(60-62-55(42-23-11-5-12-24-42)39-56(63-60)43-25-13-6-14-26-43)59(51)64(57)47-36-45(40-19-7-3-8-20-40)35-46(37-47)41-21-9-4-10-22-41/h3-39H,1-2H3. The predicted molar refractivity (Wildman–Crippen MR) is 267 cm³/mol. The van der Waals surface area contributed by atoms with E-state index < -0.39 is 0 Å². The first-order chi connectivity index (χ1) is 31.5. The first kappa shape index (κ1) is 37.6. The Hall–Kier alpha value is -8.14. The Bertz CT molecular complexity index is 3440. The average Bonchev–Trinajstić information content (AvgIpc) is 3.83. The van der Waals surface area contributed by atoms with Gasteiger partial charge in [-0.3, -0.25) is 0 Å². The van der Waals surface area contributed by atoms with Gasteiger partial charge >= 0.3 is 0 Å². The molecule has 0 fully saturated rings. The van der Waals surface area contributed by atoms with Crippen LogP contribution in [0.15, 0.2) is 224 Å². The maximum absolute atomic E-state index is 5.40. The molecule has 0 N–H and O–H groups in total. The van der Waals surface area contributed by atoms with Crippen LogP contribution >= 0.6 is 0 Å². The molecule has 302 valence electrons. The van der Waals surface area contributed by atoms with Crippen molar-refractivity contribution in [3.8, 4) is 84.1 Å². The molecule has 0 spiro atoms. The highest BCUT2D eigenvalue weighted by Gasteiger charge is 2.37. The molecule has 0 bridgehead atoms. The molecule has 0 atom stereocenters. The Balaban J connectivity index is 1.16. The van der Waals surface area contributed by atoms with E-state index in [1.807, 2.05) is 12.1 Å². The lowest BCUT2D eigenvalue weighted by molar-refractivity contribution is 0.662. The van der Waals surface area contributed by atoms with Gasteiger partial charge in [0, 0.05) is 38.6 Å². The first-order valence-electron chi connectivity index (χ1n) is 22.1. The normalized spacial score (nSPS) is 12.7. The first-order valence-corrected chi connectivity index (χ1v) is 22.1. The van der Waals surface area contributed by atoms with Gasteiger partial charge in [0.1, 0.15) is 0 Å². The molecule has 9 aromatic carbocycles. The molecule has 0 aliphatic heterocycles. The number of rotatable bonds is 7. The van der Waals surface area contributed by atoms with Crippen molar-refractivity contribution in [3.63, 3.8) is 0 Å². The van der Waals surface area contributed by atoms with Crippen LogP contribution in [0.5, 0.6) is 0 Å². The zero-order valence-electron chi connectivity index (χ0n) is 35.7. The fourth-order valence-corrected chi connectivity index (χ4v) is 10.2. The SMILES string of the molecule is CC1(C)c2ccccc2-c2cccc(-c3ccc4c(c3)c3cccc(-c5nc(-c6ccccc6)cc(-c6ccccc6)n5)c3n4-c3cc(-c4ccccc4)cc(-c4ccccc4)c3)c21. The second kappa shape index (κ2) is 15.0. The Morgan fingerprint density at radius 2 is 0.875 bits per heavy atom. The van der Waals surface area contributed by atoms with Gasteiger partial charge in [0.25, 0.3) is 0 Å². The molecule has 0 amide bonds. The molecule has 1 aliphatic carbocycles. The van der Waals surface area contributed by atoms with Crippen LogP contribution in [0.4, 0.5) is 0 Å². The van der Waals surface area contributed by atoms with Gasteiger partial charge in [-0.15, -0.1) is 0 Å². The summed E-state index contributed by atoms with van der Waals surface area (Å²) in [5.74, 6) is 0.679. The van der Waals surface area contributed by atoms with Crippen LogP contribution in [0.2, 0.25) is 0 Å². The summed E-state index contributed by atoms with van der Waals surface area (Å²) in [4.78, 5) is 10.8. The van der Waals surface area contributed by atoms with E-state index in [1.165, 1.54) is 38.8 Å². The van der Waals surface area contributed by atoms with Crippen molar-refractivity contribution in [2.75, 3.05) is 0 Å². The summed E-state index contributed by atoms with van der Waals surface area (Å²) in [5.41, 5.74) is 20.4. The van der Waals surface area contributed by atoms with Crippen molar-refractivity contribution in [3.05, 3.63) is 236 Å². The van der Waals surface area contributed by atoms with Gasteiger partial charge in [0.2, 0.25) is 0 Å². The Morgan fingerprint density at radius 3 is 1.50 bits per heavy atom. The third-order valence-corrected chi connectivity index (χ3v) is 13.2. The number of hydrogen-bond acceptors (Lipinski definition) is 2. The second-order valence-corrected chi connectivity index (χ2v) is 17.4. The Labute approximate surface area is 373 Å². The summed E-state index contributed by atoms with van der Waals surface area (Å²) in [6, 6.07) is 80.8. The van der Waals surface area contributed by atoms with Crippen molar-refractivity contribution >= 4 is 21.8 Å². The van der Waals surface area contributed by atoms with Gasteiger partial charge in [-0.2, -0.15) is 0 Å². The molecule has 11 aromatic rings. The van der Waals surface area contributed by atoms with Crippen LogP contribution in [0, 0.1) is 0 Å². The van der Waals surface area contributed by atoms with Gasteiger partial charge in [-0.25, -0.2) is 9.97 Å². The second-order valence-electron chi connectivity index (χ2n) is 17.4. The molecule has 2 heterocycles. The van der Waals surface area contributed by atoms with Gasteiger partial charge in [-0.05, 0) is 98.1 Å². The minimum absolute atomic E-state index is 0.151. The molecule has 0 unspecified atom stereocenters. The molecule has 2 aromatic heterocycles. The summed E-state index contributed by atoms with van der Waals surface area (Å²) in [7, 11) is 0. The van der Waals surface area contributed by atoms with Crippen LogP contribution in [0.3, 0.4) is 0 Å². The van der Waals surface area contributed by atoms with Crippen LogP contribution in [0.1, 0.15) is 25.0 Å². The predicted octanol–water partition coefficient (Wildman–Crippen LogP) is 15.9. The monoisotopic (exact) mass is 817 g/mol. The smallest absolute Gasteiger partial charge is 0.162 e. The van der Waals surface area contributed by atoms with E-state index in [9.17, 15) is 0 Å². The average molecular weight is 818 g/mol. The van der Waals surface area contributed by atoms with Gasteiger partial charge in [0.05, 0.1) is 22.4 Å². The molecule has 12 rings (SSSR count). The van der Waals surface area contributed by atoms with Crippen molar-refractivity contribution in [2.45, 2.75) is 19.3 Å². The summed E-state index contributed by atoms with van der Waals surface area (Å²) in [6.07, 6.45) is 0. The van der Waals surface area contributed by atoms with Crippen molar-refractivity contribution in [2.24, 2.45) is 0 Å². The lowest BCUT2D eigenvalue weighted by Crippen LogP contribution is -2.16. The van der Waals surface area contributed by atoms with Crippen LogP contribution in [-0.4, -0.2) is 14.5 Å². The number of nitrogens with zero attached hydrogens (tertiary/aromatic N) is 3. The van der Waals surface area contributed by atoms with E-state index in [0.717, 1.165) is 72.4 Å². The summed E-state index contributed by atoms with van der Waals surface area (Å²) in [5, 5.41) is 2.32. The van der Waals surface area contributed by atoms with Crippen LogP contribution in [-0.2, 0) is 5.41 Å². The summed E-state index contributed by atoms with van der Waals surface area (Å²) in [6.45, 7) is 4.74. The molecule has 0 saturated carbocycles. The maximum atomic E-state index is 5.40. The highest BCUT2D eigenvalue weighted by molar-refractivity contribution is 6.14. The highest BCUT2D eigenvalue weighted by Crippen LogP contribution is 2.52. The molecule has 0 saturated heterocycles. The number of para-hydroxylation sites is 1. The van der Waals surface area contributed by atoms with E-state index in [4.69, 9.17) is 9.97 Å². The highest BCUT2D eigenvalue weighted by atomic mass is 15.0. The largest absolute Gasteiger partial charge is 0.308 e. The zero-order chi connectivity index (χ0) is 42.8. The lowest BCUT2D eigenvalue weighted by atomic mass is 9.79. The topological polar surface area (TPSA) is 30.7 Å². The fraction of sp³-hybridized carbons (Fsp3) is 0.0492. The zero-order valence-corrected chi connectivity index (χ0v) is 35.7. The summed E-state index contributed by atoms with van der Waals surface area (Å²) >= 11 is 0. The molecule has 3 nitrogen and oxygen atoms in total. The molecular formula is C61H43N3. The number of benzene rings is 9. The summed E-state index contributed by atoms with van der Waals surface area (Å²) < 4.78 is 2.46. The molecule has 0 radical (unpaired) electrons. The van der Waals surface area contributed by atoms with E-state index in [-0.39, 0.29) is 5.41 Å². The van der Waals surface area contributed by atoms with Gasteiger partial charge in [0.15, 0.2) is 5.82 Å². The van der Waals surface area contributed by atoms with E-state index in [1.54, 1.807) is 0 Å². The minimum Gasteiger partial charge on any atom is -0.308 e. The number of aromatic nitrogens is 3. The van der Waals surface area contributed by atoms with E-state index in [0.29, 0.717) is 5.82 Å². The van der Waals surface area contributed by atoms with Crippen molar-refractivity contribution in [1.29, 1.82) is 0 Å². The Morgan fingerprint density at radius 1 is 0.359 bits per heavy atom. The van der Waals surface area contributed by atoms with Gasteiger partial charge in [-0.1, -0.05) is 196 Å². The van der Waals surface area contributed by atoms with E-state index in [2.05, 4.69) is 231 Å². The maximum Gasteiger partial charge on any atom is 0.162 e. The van der Waals surface area contributed by atoms with Crippen molar-refractivity contribution in [1.82, 2.24) is 14.5 Å². The van der Waals surface area contributed by atoms with E-state index >= 15 is 0 Å². The number of fused-ring (bicyclic) bond motifs is 6. The van der Waals surface area contributed by atoms with Crippen LogP contribution < -0.4 is 0 Å². The molecule has 64 heavy (non-hydrogen) atoms. The Kier molecular flexibility index (Phi) is 8.84. The van der Waals surface area contributed by atoms with Crippen LogP contribution in [0.25, 0.3) is 106 Å². The molecule has 3 heteroatoms.